The van der Waals surface area contributed by atoms with Gasteiger partial charge in [0.15, 0.2) is 0 Å². The van der Waals surface area contributed by atoms with Gasteiger partial charge < -0.3 is 5.11 Å². The number of aliphatic hydroxyl groups excluding tert-OH is 1. The van der Waals surface area contributed by atoms with E-state index < -0.39 is 6.10 Å². The normalized spacial score (nSPS) is 12.8. The second-order valence-corrected chi connectivity index (χ2v) is 3.00. The molecule has 4 heteroatoms. The Balaban J connectivity index is 2.63. The average Bonchev–Trinajstić information content (AvgIpc) is 2.09. The van der Waals surface area contributed by atoms with Crippen molar-refractivity contribution in [3.05, 3.63) is 28.9 Å². The molecule has 0 bridgehead atoms. The molecule has 1 rings (SSSR count). The largest absolute Gasteiger partial charge is 0.391 e. The van der Waals surface area contributed by atoms with Gasteiger partial charge in [-0.05, 0) is 12.5 Å². The molecule has 0 aromatic carbocycles. The molecule has 1 aromatic rings. The van der Waals surface area contributed by atoms with E-state index in [2.05, 4.69) is 4.98 Å². The number of nitrogens with zero attached hydrogens (tertiary/aromatic N) is 2. The molecule has 0 radical (unpaired) electrons. The highest BCUT2D eigenvalue weighted by molar-refractivity contribution is 4.81. The Kier molecular flexibility index (Phi) is 3.64. The number of hydrogen-bond acceptors (Lipinski definition) is 3. The molecule has 0 aliphatic carbocycles. The summed E-state index contributed by atoms with van der Waals surface area (Å²) in [6.45, 7) is 2.33. The van der Waals surface area contributed by atoms with Crippen molar-refractivity contribution in [2.45, 2.75) is 32.4 Å². The summed E-state index contributed by atoms with van der Waals surface area (Å²) in [5, 5.41) is 9.44. The van der Waals surface area contributed by atoms with Gasteiger partial charge in [0.1, 0.15) is 0 Å². The van der Waals surface area contributed by atoms with Crippen molar-refractivity contribution in [3.63, 3.8) is 0 Å². The van der Waals surface area contributed by atoms with Crippen LogP contribution in [0.5, 0.6) is 0 Å². The van der Waals surface area contributed by atoms with Crippen LogP contribution in [0.2, 0.25) is 0 Å². The Labute approximate surface area is 76.9 Å². The molecular formula is C9H14N2O2. The molecule has 4 nitrogen and oxygen atoms in total. The minimum atomic E-state index is -0.452. The Bertz CT molecular complexity index is 308. The second kappa shape index (κ2) is 4.77. The monoisotopic (exact) mass is 182 g/mol. The summed E-state index contributed by atoms with van der Waals surface area (Å²) in [6, 6.07) is 1.68. The predicted octanol–water partition coefficient (Wildman–Crippen LogP) is 0.404. The molecule has 0 aliphatic rings. The number of hydrogen-bond donors (Lipinski definition) is 1. The summed E-state index contributed by atoms with van der Waals surface area (Å²) in [6.07, 6.45) is 4.25. The van der Waals surface area contributed by atoms with Crippen LogP contribution in [0.3, 0.4) is 0 Å². The zero-order chi connectivity index (χ0) is 9.68. The quantitative estimate of drug-likeness (QED) is 0.733. The molecule has 0 fully saturated rings. The highest BCUT2D eigenvalue weighted by Crippen LogP contribution is 1.97. The summed E-state index contributed by atoms with van der Waals surface area (Å²) < 4.78 is 1.42. The lowest BCUT2D eigenvalue weighted by Gasteiger charge is -2.09. The minimum Gasteiger partial charge on any atom is -0.391 e. The zero-order valence-electron chi connectivity index (χ0n) is 7.68. The molecule has 1 unspecified atom stereocenters. The third-order valence-electron chi connectivity index (χ3n) is 1.81. The van der Waals surface area contributed by atoms with E-state index in [9.17, 15) is 9.90 Å². The lowest BCUT2D eigenvalue weighted by Crippen LogP contribution is -2.27. The molecule has 1 atom stereocenters. The first-order valence-corrected chi connectivity index (χ1v) is 4.43. The van der Waals surface area contributed by atoms with Gasteiger partial charge in [0.25, 0.3) is 0 Å². The smallest absolute Gasteiger partial charge is 0.347 e. The summed E-state index contributed by atoms with van der Waals surface area (Å²) in [7, 11) is 0. The number of rotatable bonds is 4. The van der Waals surface area contributed by atoms with Crippen LogP contribution in [0.15, 0.2) is 23.3 Å². The van der Waals surface area contributed by atoms with Crippen molar-refractivity contribution in [1.82, 2.24) is 9.55 Å². The fraction of sp³-hybridized carbons (Fsp3) is 0.556. The lowest BCUT2D eigenvalue weighted by molar-refractivity contribution is 0.141. The van der Waals surface area contributed by atoms with Gasteiger partial charge in [-0.3, -0.25) is 4.57 Å². The average molecular weight is 182 g/mol. The maximum Gasteiger partial charge on any atom is 0.347 e. The van der Waals surface area contributed by atoms with Crippen molar-refractivity contribution in [3.8, 4) is 0 Å². The molecule has 0 amide bonds. The maximum absolute atomic E-state index is 11.1. The predicted molar refractivity (Wildman–Crippen MR) is 49.4 cm³/mol. The van der Waals surface area contributed by atoms with E-state index in [-0.39, 0.29) is 5.69 Å². The van der Waals surface area contributed by atoms with Crippen LogP contribution in [0.4, 0.5) is 0 Å². The third kappa shape index (κ3) is 2.99. The first-order valence-electron chi connectivity index (χ1n) is 4.43. The van der Waals surface area contributed by atoms with Crippen LogP contribution in [-0.4, -0.2) is 20.8 Å². The topological polar surface area (TPSA) is 55.1 Å². The van der Waals surface area contributed by atoms with Crippen molar-refractivity contribution >= 4 is 0 Å². The van der Waals surface area contributed by atoms with E-state index in [1.54, 1.807) is 12.3 Å². The van der Waals surface area contributed by atoms with E-state index in [4.69, 9.17) is 0 Å². The van der Waals surface area contributed by atoms with Gasteiger partial charge in [-0.25, -0.2) is 9.78 Å². The van der Waals surface area contributed by atoms with Gasteiger partial charge in [0.2, 0.25) is 0 Å². The van der Waals surface area contributed by atoms with Gasteiger partial charge >= 0.3 is 5.69 Å². The van der Waals surface area contributed by atoms with Crippen LogP contribution in [0, 0.1) is 0 Å². The third-order valence-corrected chi connectivity index (χ3v) is 1.81. The van der Waals surface area contributed by atoms with E-state index in [0.717, 1.165) is 6.42 Å². The lowest BCUT2D eigenvalue weighted by atomic mass is 10.2. The number of aliphatic hydroxyl groups is 1. The van der Waals surface area contributed by atoms with Crippen molar-refractivity contribution in [2.24, 2.45) is 0 Å². The van der Waals surface area contributed by atoms with Crippen LogP contribution in [0.1, 0.15) is 19.8 Å². The van der Waals surface area contributed by atoms with Gasteiger partial charge in [-0.1, -0.05) is 13.3 Å². The molecule has 0 aliphatic heterocycles. The molecule has 13 heavy (non-hydrogen) atoms. The minimum absolute atomic E-state index is 0.308. The fourth-order valence-electron chi connectivity index (χ4n) is 1.18. The molecule has 1 aromatic heterocycles. The highest BCUT2D eigenvalue weighted by Gasteiger charge is 2.04. The zero-order valence-corrected chi connectivity index (χ0v) is 7.68. The molecule has 1 N–H and O–H groups in total. The maximum atomic E-state index is 11.1. The van der Waals surface area contributed by atoms with Crippen LogP contribution < -0.4 is 5.69 Å². The Hall–Kier alpha value is -1.16. The Morgan fingerprint density at radius 3 is 3.08 bits per heavy atom. The van der Waals surface area contributed by atoms with Crippen LogP contribution >= 0.6 is 0 Å². The Morgan fingerprint density at radius 1 is 1.69 bits per heavy atom. The summed E-state index contributed by atoms with van der Waals surface area (Å²) in [5.74, 6) is 0. The van der Waals surface area contributed by atoms with Crippen molar-refractivity contribution < 1.29 is 5.11 Å². The van der Waals surface area contributed by atoms with Gasteiger partial charge in [0.05, 0.1) is 12.6 Å². The van der Waals surface area contributed by atoms with Gasteiger partial charge in [-0.15, -0.1) is 0 Å². The molecule has 0 saturated heterocycles. The van der Waals surface area contributed by atoms with E-state index in [0.29, 0.717) is 13.0 Å². The van der Waals surface area contributed by atoms with E-state index >= 15 is 0 Å². The van der Waals surface area contributed by atoms with Crippen LogP contribution in [0.25, 0.3) is 0 Å². The molecule has 72 valence electrons. The van der Waals surface area contributed by atoms with Crippen molar-refractivity contribution in [1.29, 1.82) is 0 Å². The van der Waals surface area contributed by atoms with Gasteiger partial charge in [0, 0.05) is 12.4 Å². The molecule has 1 heterocycles. The van der Waals surface area contributed by atoms with E-state index in [1.165, 1.54) is 10.8 Å². The second-order valence-electron chi connectivity index (χ2n) is 3.00. The number of aromatic nitrogens is 2. The van der Waals surface area contributed by atoms with E-state index in [1.807, 2.05) is 6.92 Å². The summed E-state index contributed by atoms with van der Waals surface area (Å²) >= 11 is 0. The molecule has 0 spiro atoms. The first-order chi connectivity index (χ1) is 6.24. The summed E-state index contributed by atoms with van der Waals surface area (Å²) in [4.78, 5) is 14.7. The SMILES string of the molecule is CCCC(O)Cn1cccnc1=O. The summed E-state index contributed by atoms with van der Waals surface area (Å²) in [5.41, 5.74) is -0.308. The highest BCUT2D eigenvalue weighted by atomic mass is 16.3. The first kappa shape index (κ1) is 9.92. The van der Waals surface area contributed by atoms with Crippen molar-refractivity contribution in [2.75, 3.05) is 0 Å². The Morgan fingerprint density at radius 2 is 2.46 bits per heavy atom. The fourth-order valence-corrected chi connectivity index (χ4v) is 1.18. The van der Waals surface area contributed by atoms with Crippen LogP contribution in [-0.2, 0) is 6.54 Å². The molecule has 0 saturated carbocycles. The standard InChI is InChI=1S/C9H14N2O2/c1-2-4-8(12)7-11-6-3-5-10-9(11)13/h3,5-6,8,12H,2,4,7H2,1H3. The van der Waals surface area contributed by atoms with Gasteiger partial charge in [-0.2, -0.15) is 0 Å². The molecular weight excluding hydrogens is 168 g/mol.